The van der Waals surface area contributed by atoms with Crippen molar-refractivity contribution in [1.29, 1.82) is 0 Å². The quantitative estimate of drug-likeness (QED) is 0.636. The van der Waals surface area contributed by atoms with Crippen molar-refractivity contribution in [3.8, 4) is 0 Å². The Labute approximate surface area is 119 Å². The Bertz CT molecular complexity index is 711. The van der Waals surface area contributed by atoms with E-state index in [0.29, 0.717) is 5.56 Å². The summed E-state index contributed by atoms with van der Waals surface area (Å²) in [5, 5.41) is 0. The second-order valence-electron chi connectivity index (χ2n) is 4.64. The molecule has 2 rings (SSSR count). The maximum absolute atomic E-state index is 12.1. The molecule has 0 aliphatic rings. The fraction of sp³-hybridized carbons (Fsp3) is 0.125. The molecule has 0 heterocycles. The maximum atomic E-state index is 12.1. The van der Waals surface area contributed by atoms with E-state index in [-0.39, 0.29) is 10.7 Å². The van der Waals surface area contributed by atoms with E-state index in [2.05, 4.69) is 6.58 Å². The highest BCUT2D eigenvalue weighted by molar-refractivity contribution is 7.87. The molecule has 0 aromatic heterocycles. The van der Waals surface area contributed by atoms with Gasteiger partial charge in [-0.05, 0) is 26.0 Å². The first-order valence-electron chi connectivity index (χ1n) is 6.15. The third kappa shape index (κ3) is 3.27. The van der Waals surface area contributed by atoms with Crippen molar-refractivity contribution in [3.63, 3.8) is 0 Å². The van der Waals surface area contributed by atoms with Crippen LogP contribution in [0, 0.1) is 13.8 Å². The van der Waals surface area contributed by atoms with Crippen molar-refractivity contribution in [1.82, 2.24) is 0 Å². The predicted molar refractivity (Wildman–Crippen MR) is 79.7 cm³/mol. The summed E-state index contributed by atoms with van der Waals surface area (Å²) in [6, 6.07) is 13.8. The molecule has 20 heavy (non-hydrogen) atoms. The SMILES string of the molecule is C=C(OS(=O)(=O)c1ccc(C)cc1)c1ccc(C)cc1. The molecule has 0 amide bonds. The van der Waals surface area contributed by atoms with Crippen molar-refractivity contribution < 1.29 is 12.6 Å². The first kappa shape index (κ1) is 14.3. The number of hydrogen-bond donors (Lipinski definition) is 0. The molecule has 0 aliphatic carbocycles. The van der Waals surface area contributed by atoms with Crippen molar-refractivity contribution in [2.75, 3.05) is 0 Å². The van der Waals surface area contributed by atoms with E-state index in [0.717, 1.165) is 11.1 Å². The van der Waals surface area contributed by atoms with E-state index in [1.807, 2.05) is 26.0 Å². The molecule has 0 bridgehead atoms. The van der Waals surface area contributed by atoms with Gasteiger partial charge in [0, 0.05) is 5.56 Å². The van der Waals surface area contributed by atoms with E-state index in [4.69, 9.17) is 4.18 Å². The summed E-state index contributed by atoms with van der Waals surface area (Å²) < 4.78 is 29.3. The Morgan fingerprint density at radius 3 is 1.85 bits per heavy atom. The van der Waals surface area contributed by atoms with Crippen LogP contribution in [0.3, 0.4) is 0 Å². The van der Waals surface area contributed by atoms with Gasteiger partial charge in [0.15, 0.2) is 0 Å². The molecule has 0 spiro atoms. The number of rotatable bonds is 4. The van der Waals surface area contributed by atoms with E-state index in [1.165, 1.54) is 12.1 Å². The molecule has 0 atom stereocenters. The van der Waals surface area contributed by atoms with Crippen LogP contribution in [0.5, 0.6) is 0 Å². The summed E-state index contributed by atoms with van der Waals surface area (Å²) in [7, 11) is -3.83. The second kappa shape index (κ2) is 5.51. The van der Waals surface area contributed by atoms with Crippen molar-refractivity contribution in [2.24, 2.45) is 0 Å². The fourth-order valence-corrected chi connectivity index (χ4v) is 2.60. The molecule has 0 saturated heterocycles. The molecule has 0 fully saturated rings. The Hall–Kier alpha value is -2.07. The molecular formula is C16H16O3S. The third-order valence-corrected chi connectivity index (χ3v) is 4.16. The summed E-state index contributed by atoms with van der Waals surface area (Å²) in [4.78, 5) is 0.122. The fourth-order valence-electron chi connectivity index (χ4n) is 1.67. The minimum absolute atomic E-state index is 0.116. The van der Waals surface area contributed by atoms with Gasteiger partial charge in [-0.15, -0.1) is 0 Å². The Morgan fingerprint density at radius 1 is 0.900 bits per heavy atom. The molecule has 104 valence electrons. The van der Waals surface area contributed by atoms with Gasteiger partial charge in [0.2, 0.25) is 0 Å². The highest BCUT2D eigenvalue weighted by atomic mass is 32.2. The van der Waals surface area contributed by atoms with Crippen molar-refractivity contribution >= 4 is 15.9 Å². The summed E-state index contributed by atoms with van der Waals surface area (Å²) in [5.41, 5.74) is 2.72. The molecule has 4 heteroatoms. The highest BCUT2D eigenvalue weighted by Gasteiger charge is 2.17. The van der Waals surface area contributed by atoms with Crippen LogP contribution in [0.1, 0.15) is 16.7 Å². The zero-order valence-corrected chi connectivity index (χ0v) is 12.3. The van der Waals surface area contributed by atoms with Crippen LogP contribution in [0.25, 0.3) is 5.76 Å². The lowest BCUT2D eigenvalue weighted by molar-refractivity contribution is 0.464. The molecule has 2 aromatic carbocycles. The van der Waals surface area contributed by atoms with Crippen LogP contribution in [-0.4, -0.2) is 8.42 Å². The standard InChI is InChI=1S/C16H16O3S/c1-12-4-8-15(9-5-12)14(3)19-20(17,18)16-10-6-13(2)7-11-16/h4-11H,3H2,1-2H3. The van der Waals surface area contributed by atoms with Gasteiger partial charge in [-0.3, -0.25) is 0 Å². The Morgan fingerprint density at radius 2 is 1.35 bits per heavy atom. The Balaban J connectivity index is 2.22. The van der Waals surface area contributed by atoms with E-state index in [1.54, 1.807) is 24.3 Å². The molecule has 0 aliphatic heterocycles. The topological polar surface area (TPSA) is 43.4 Å². The average Bonchev–Trinajstić information content (AvgIpc) is 2.39. The lowest BCUT2D eigenvalue weighted by Gasteiger charge is -2.10. The van der Waals surface area contributed by atoms with Gasteiger partial charge in [-0.1, -0.05) is 54.1 Å². The first-order valence-corrected chi connectivity index (χ1v) is 7.56. The van der Waals surface area contributed by atoms with Crippen LogP contribution in [0.15, 0.2) is 60.0 Å². The van der Waals surface area contributed by atoms with Gasteiger partial charge >= 0.3 is 10.1 Å². The average molecular weight is 288 g/mol. The second-order valence-corrected chi connectivity index (χ2v) is 6.19. The van der Waals surface area contributed by atoms with Crippen molar-refractivity contribution in [3.05, 3.63) is 71.8 Å². The summed E-state index contributed by atoms with van der Waals surface area (Å²) in [6.07, 6.45) is 0. The lowest BCUT2D eigenvalue weighted by atomic mass is 10.1. The van der Waals surface area contributed by atoms with Crippen LogP contribution in [-0.2, 0) is 14.3 Å². The minimum Gasteiger partial charge on any atom is -0.379 e. The molecule has 0 radical (unpaired) electrons. The largest absolute Gasteiger partial charge is 0.379 e. The van der Waals surface area contributed by atoms with E-state index < -0.39 is 10.1 Å². The minimum atomic E-state index is -3.83. The van der Waals surface area contributed by atoms with Crippen LogP contribution in [0.4, 0.5) is 0 Å². The monoisotopic (exact) mass is 288 g/mol. The van der Waals surface area contributed by atoms with Gasteiger partial charge in [-0.25, -0.2) is 0 Å². The first-order chi connectivity index (χ1) is 9.38. The molecule has 0 N–H and O–H groups in total. The molecule has 3 nitrogen and oxygen atoms in total. The van der Waals surface area contributed by atoms with Crippen LogP contribution in [0.2, 0.25) is 0 Å². The highest BCUT2D eigenvalue weighted by Crippen LogP contribution is 2.22. The normalized spacial score (nSPS) is 11.1. The van der Waals surface area contributed by atoms with Gasteiger partial charge in [0.1, 0.15) is 10.7 Å². The van der Waals surface area contributed by atoms with Crippen LogP contribution < -0.4 is 0 Å². The van der Waals surface area contributed by atoms with Crippen LogP contribution >= 0.6 is 0 Å². The van der Waals surface area contributed by atoms with Gasteiger partial charge in [-0.2, -0.15) is 8.42 Å². The molecule has 2 aromatic rings. The van der Waals surface area contributed by atoms with Gasteiger partial charge in [0.05, 0.1) is 0 Å². The summed E-state index contributed by atoms with van der Waals surface area (Å²) in [6.45, 7) is 7.53. The summed E-state index contributed by atoms with van der Waals surface area (Å²) >= 11 is 0. The summed E-state index contributed by atoms with van der Waals surface area (Å²) in [5.74, 6) is 0.116. The number of benzene rings is 2. The maximum Gasteiger partial charge on any atom is 0.339 e. The van der Waals surface area contributed by atoms with E-state index in [9.17, 15) is 8.42 Å². The van der Waals surface area contributed by atoms with Crippen molar-refractivity contribution in [2.45, 2.75) is 18.7 Å². The molecule has 0 unspecified atom stereocenters. The van der Waals surface area contributed by atoms with Gasteiger partial charge < -0.3 is 4.18 Å². The zero-order chi connectivity index (χ0) is 14.8. The van der Waals surface area contributed by atoms with E-state index >= 15 is 0 Å². The smallest absolute Gasteiger partial charge is 0.339 e. The Kier molecular flexibility index (Phi) is 3.95. The molecule has 0 saturated carbocycles. The number of hydrogen-bond acceptors (Lipinski definition) is 3. The van der Waals surface area contributed by atoms with Gasteiger partial charge in [0.25, 0.3) is 0 Å². The molecular weight excluding hydrogens is 272 g/mol. The number of aryl methyl sites for hydroxylation is 2. The zero-order valence-electron chi connectivity index (χ0n) is 11.5. The predicted octanol–water partition coefficient (Wildman–Crippen LogP) is 3.68. The lowest BCUT2D eigenvalue weighted by Crippen LogP contribution is -2.05. The third-order valence-electron chi connectivity index (χ3n) is 2.89.